The second-order valence-corrected chi connectivity index (χ2v) is 8.81. The molecular formula is C24H22ClN5O. The Hall–Kier alpha value is -3.14. The third-order valence-electron chi connectivity index (χ3n) is 5.51. The molecule has 6 nitrogen and oxygen atoms in total. The van der Waals surface area contributed by atoms with E-state index < -0.39 is 5.60 Å². The Kier molecular flexibility index (Phi) is 4.62. The molecule has 0 amide bonds. The fourth-order valence-electron chi connectivity index (χ4n) is 4.17. The Morgan fingerprint density at radius 3 is 2.81 bits per heavy atom. The smallest absolute Gasteiger partial charge is 0.204 e. The predicted molar refractivity (Wildman–Crippen MR) is 124 cm³/mol. The fourth-order valence-corrected chi connectivity index (χ4v) is 4.34. The van der Waals surface area contributed by atoms with Crippen LogP contribution < -0.4 is 4.90 Å². The molecule has 0 saturated heterocycles. The third kappa shape index (κ3) is 3.50. The number of aromatic nitrogens is 4. The largest absolute Gasteiger partial charge is 0.378 e. The van der Waals surface area contributed by atoms with E-state index in [0.717, 1.165) is 52.7 Å². The lowest BCUT2D eigenvalue weighted by Crippen LogP contribution is -2.26. The summed E-state index contributed by atoms with van der Waals surface area (Å²) in [5.74, 6) is 6.95. The molecule has 5 rings (SSSR count). The minimum Gasteiger partial charge on any atom is -0.378 e. The maximum atomic E-state index is 10.0. The second-order valence-electron chi connectivity index (χ2n) is 8.38. The molecule has 0 atom stereocenters. The van der Waals surface area contributed by atoms with Crippen molar-refractivity contribution >= 4 is 45.0 Å². The number of nitrogens with zero attached hydrogens (tertiary/aromatic N) is 5. The van der Waals surface area contributed by atoms with Crippen molar-refractivity contribution in [2.75, 3.05) is 11.4 Å². The number of pyridine rings is 1. The standard InChI is InChI=1S/C24H22ClN5O/c1-24(2,31)12-11-15-6-4-8-20-17(15)7-5-13-30(20)23-18-10-9-16(25)14-19(18)21-22(26-23)27-28-29(21)3/h4,6,8-10,14,31H,5,7,13H2,1-3H3. The van der Waals surface area contributed by atoms with Crippen molar-refractivity contribution in [2.24, 2.45) is 7.05 Å². The van der Waals surface area contributed by atoms with Gasteiger partial charge in [0.1, 0.15) is 16.9 Å². The Labute approximate surface area is 185 Å². The molecule has 0 bridgehead atoms. The number of halogens is 1. The molecule has 0 unspecified atom stereocenters. The van der Waals surface area contributed by atoms with Crippen LogP contribution in [-0.4, -0.2) is 37.2 Å². The zero-order chi connectivity index (χ0) is 21.8. The number of fused-ring (bicyclic) bond motifs is 4. The molecule has 7 heteroatoms. The highest BCUT2D eigenvalue weighted by Gasteiger charge is 2.25. The molecule has 0 saturated carbocycles. The van der Waals surface area contributed by atoms with Crippen LogP contribution in [0.5, 0.6) is 0 Å². The topological polar surface area (TPSA) is 67.1 Å². The Morgan fingerprint density at radius 1 is 1.16 bits per heavy atom. The third-order valence-corrected chi connectivity index (χ3v) is 5.74. The van der Waals surface area contributed by atoms with Gasteiger partial charge in [-0.15, -0.1) is 5.10 Å². The van der Waals surface area contributed by atoms with Crippen molar-refractivity contribution in [2.45, 2.75) is 32.3 Å². The number of rotatable bonds is 1. The van der Waals surface area contributed by atoms with Gasteiger partial charge in [0.15, 0.2) is 0 Å². The van der Waals surface area contributed by atoms with Crippen LogP contribution in [-0.2, 0) is 13.5 Å². The molecule has 0 radical (unpaired) electrons. The van der Waals surface area contributed by atoms with E-state index in [0.29, 0.717) is 10.7 Å². The first kappa shape index (κ1) is 19.8. The Morgan fingerprint density at radius 2 is 2.00 bits per heavy atom. The van der Waals surface area contributed by atoms with Crippen LogP contribution in [0.2, 0.25) is 5.02 Å². The van der Waals surface area contributed by atoms with E-state index in [1.165, 1.54) is 5.56 Å². The lowest BCUT2D eigenvalue weighted by Gasteiger charge is -2.32. The Balaban J connectivity index is 1.73. The molecule has 2 aromatic heterocycles. The van der Waals surface area contributed by atoms with Crippen LogP contribution in [0.15, 0.2) is 36.4 Å². The van der Waals surface area contributed by atoms with Gasteiger partial charge in [0.2, 0.25) is 5.65 Å². The van der Waals surface area contributed by atoms with E-state index in [1.807, 2.05) is 37.4 Å². The van der Waals surface area contributed by atoms with Gasteiger partial charge in [-0.05, 0) is 62.6 Å². The predicted octanol–water partition coefficient (Wildman–Crippen LogP) is 4.38. The maximum absolute atomic E-state index is 10.0. The molecular weight excluding hydrogens is 410 g/mol. The summed E-state index contributed by atoms with van der Waals surface area (Å²) in [6.07, 6.45) is 1.91. The first-order valence-electron chi connectivity index (χ1n) is 10.3. The number of benzene rings is 2. The summed E-state index contributed by atoms with van der Waals surface area (Å²) in [4.78, 5) is 7.14. The lowest BCUT2D eigenvalue weighted by molar-refractivity contribution is 0.143. The van der Waals surface area contributed by atoms with E-state index in [2.05, 4.69) is 33.1 Å². The molecule has 4 aromatic rings. The SMILES string of the molecule is Cn1nnc2nc(N3CCCc4c(C#CC(C)(C)O)cccc43)c3ccc(Cl)cc3c21. The average Bonchev–Trinajstić information content (AvgIpc) is 3.11. The normalized spacial score (nSPS) is 13.9. The quantitative estimate of drug-likeness (QED) is 0.453. The zero-order valence-electron chi connectivity index (χ0n) is 17.6. The van der Waals surface area contributed by atoms with E-state index in [9.17, 15) is 5.11 Å². The van der Waals surface area contributed by atoms with Crippen molar-refractivity contribution in [3.05, 3.63) is 52.5 Å². The van der Waals surface area contributed by atoms with E-state index in [-0.39, 0.29) is 0 Å². The highest BCUT2D eigenvalue weighted by atomic mass is 35.5. The molecule has 1 N–H and O–H groups in total. The summed E-state index contributed by atoms with van der Waals surface area (Å²) >= 11 is 6.33. The summed E-state index contributed by atoms with van der Waals surface area (Å²) in [5.41, 5.74) is 3.62. The van der Waals surface area contributed by atoms with Crippen LogP contribution in [0.3, 0.4) is 0 Å². The van der Waals surface area contributed by atoms with Crippen LogP contribution in [0.1, 0.15) is 31.4 Å². The van der Waals surface area contributed by atoms with Crippen LogP contribution in [0.4, 0.5) is 11.5 Å². The molecule has 31 heavy (non-hydrogen) atoms. The molecule has 0 aliphatic carbocycles. The first-order chi connectivity index (χ1) is 14.8. The van der Waals surface area contributed by atoms with Gasteiger partial charge in [0.25, 0.3) is 0 Å². The minimum atomic E-state index is -1.04. The zero-order valence-corrected chi connectivity index (χ0v) is 18.4. The van der Waals surface area contributed by atoms with E-state index in [4.69, 9.17) is 16.6 Å². The van der Waals surface area contributed by atoms with Gasteiger partial charge in [-0.1, -0.05) is 34.7 Å². The summed E-state index contributed by atoms with van der Waals surface area (Å²) in [7, 11) is 1.86. The number of anilines is 2. The second kappa shape index (κ2) is 7.23. The summed E-state index contributed by atoms with van der Waals surface area (Å²) in [6.45, 7) is 4.23. The lowest BCUT2D eigenvalue weighted by atomic mass is 9.95. The summed E-state index contributed by atoms with van der Waals surface area (Å²) in [5, 5.41) is 21.1. The van der Waals surface area contributed by atoms with Gasteiger partial charge in [0.05, 0.1) is 0 Å². The molecule has 156 valence electrons. The number of hydrogen-bond donors (Lipinski definition) is 1. The molecule has 1 aliphatic heterocycles. The maximum Gasteiger partial charge on any atom is 0.204 e. The molecule has 0 fully saturated rings. The van der Waals surface area contributed by atoms with Gasteiger partial charge in [-0.3, -0.25) is 0 Å². The van der Waals surface area contributed by atoms with Gasteiger partial charge in [-0.25, -0.2) is 9.67 Å². The van der Waals surface area contributed by atoms with E-state index in [1.54, 1.807) is 18.5 Å². The highest BCUT2D eigenvalue weighted by Crippen LogP contribution is 2.39. The van der Waals surface area contributed by atoms with Crippen LogP contribution in [0.25, 0.3) is 21.9 Å². The minimum absolute atomic E-state index is 0.595. The fraction of sp³-hybridized carbons (Fsp3) is 0.292. The van der Waals surface area contributed by atoms with Crippen molar-refractivity contribution < 1.29 is 5.11 Å². The van der Waals surface area contributed by atoms with Crippen molar-refractivity contribution in [3.63, 3.8) is 0 Å². The van der Waals surface area contributed by atoms with Gasteiger partial charge < -0.3 is 10.0 Å². The van der Waals surface area contributed by atoms with Crippen molar-refractivity contribution in [1.82, 2.24) is 20.0 Å². The van der Waals surface area contributed by atoms with E-state index >= 15 is 0 Å². The van der Waals surface area contributed by atoms with Crippen molar-refractivity contribution in [3.8, 4) is 11.8 Å². The number of aliphatic hydroxyl groups is 1. The van der Waals surface area contributed by atoms with Crippen LogP contribution >= 0.6 is 11.6 Å². The average molecular weight is 432 g/mol. The summed E-state index contributed by atoms with van der Waals surface area (Å²) < 4.78 is 1.74. The monoisotopic (exact) mass is 431 g/mol. The highest BCUT2D eigenvalue weighted by molar-refractivity contribution is 6.32. The molecule has 2 aromatic carbocycles. The molecule has 3 heterocycles. The number of hydrogen-bond acceptors (Lipinski definition) is 5. The molecule has 1 aliphatic rings. The van der Waals surface area contributed by atoms with Gasteiger partial charge in [0, 0.05) is 40.6 Å². The van der Waals surface area contributed by atoms with Gasteiger partial charge >= 0.3 is 0 Å². The first-order valence-corrected chi connectivity index (χ1v) is 10.6. The summed E-state index contributed by atoms with van der Waals surface area (Å²) in [6, 6.07) is 12.0. The Bertz CT molecular complexity index is 1390. The molecule has 0 spiro atoms. The number of aryl methyl sites for hydroxylation is 1. The van der Waals surface area contributed by atoms with Crippen LogP contribution in [0, 0.1) is 11.8 Å². The van der Waals surface area contributed by atoms with Gasteiger partial charge in [-0.2, -0.15) is 0 Å². The van der Waals surface area contributed by atoms with Crippen molar-refractivity contribution in [1.29, 1.82) is 0 Å².